The summed E-state index contributed by atoms with van der Waals surface area (Å²) in [5, 5.41) is 0.175. The van der Waals surface area contributed by atoms with Crippen LogP contribution in [0.1, 0.15) is 17.7 Å². The molecule has 1 heterocycles. The van der Waals surface area contributed by atoms with Gasteiger partial charge in [-0.2, -0.15) is 0 Å². The molecule has 1 aliphatic heterocycles. The van der Waals surface area contributed by atoms with Crippen molar-refractivity contribution in [3.63, 3.8) is 0 Å². The molecule has 0 aromatic heterocycles. The van der Waals surface area contributed by atoms with Crippen LogP contribution in [0.15, 0.2) is 30.3 Å². The van der Waals surface area contributed by atoms with Gasteiger partial charge in [0.15, 0.2) is 5.78 Å². The van der Waals surface area contributed by atoms with Gasteiger partial charge < -0.3 is 5.73 Å². The molecule has 0 bridgehead atoms. The Bertz CT molecular complexity index is 338. The van der Waals surface area contributed by atoms with Gasteiger partial charge in [0.2, 0.25) is 0 Å². The standard InChI is InChI=1S/C11H13NOS/c1-7-10(13)9(12)11(14-7)8-5-3-2-4-6-8/h2-7,9,11H,12H2,1H3. The lowest BCUT2D eigenvalue weighted by Crippen LogP contribution is -2.32. The first-order valence-corrected chi connectivity index (χ1v) is 5.64. The Kier molecular flexibility index (Phi) is 2.61. The van der Waals surface area contributed by atoms with Crippen molar-refractivity contribution in [2.45, 2.75) is 23.5 Å². The first-order chi connectivity index (χ1) is 6.70. The van der Waals surface area contributed by atoms with Gasteiger partial charge in [0.05, 0.1) is 16.5 Å². The summed E-state index contributed by atoms with van der Waals surface area (Å²) < 4.78 is 0. The van der Waals surface area contributed by atoms with Crippen LogP contribution in [0.3, 0.4) is 0 Å². The molecule has 0 aliphatic carbocycles. The van der Waals surface area contributed by atoms with Crippen molar-refractivity contribution in [1.29, 1.82) is 0 Å². The Hall–Kier alpha value is -0.800. The van der Waals surface area contributed by atoms with E-state index in [9.17, 15) is 4.79 Å². The van der Waals surface area contributed by atoms with Crippen molar-refractivity contribution in [2.24, 2.45) is 5.73 Å². The maximum absolute atomic E-state index is 11.5. The topological polar surface area (TPSA) is 43.1 Å². The van der Waals surface area contributed by atoms with E-state index >= 15 is 0 Å². The van der Waals surface area contributed by atoms with E-state index in [1.807, 2.05) is 37.3 Å². The van der Waals surface area contributed by atoms with Crippen LogP contribution >= 0.6 is 11.8 Å². The van der Waals surface area contributed by atoms with Gasteiger partial charge in [-0.05, 0) is 12.5 Å². The quantitative estimate of drug-likeness (QED) is 0.763. The Morgan fingerprint density at radius 1 is 1.29 bits per heavy atom. The summed E-state index contributed by atoms with van der Waals surface area (Å²) in [4.78, 5) is 11.5. The molecule has 3 atom stereocenters. The second-order valence-corrected chi connectivity index (χ2v) is 5.02. The number of carbonyl (C=O) groups is 1. The fourth-order valence-electron chi connectivity index (χ4n) is 1.72. The number of rotatable bonds is 1. The van der Waals surface area contributed by atoms with E-state index in [1.54, 1.807) is 11.8 Å². The van der Waals surface area contributed by atoms with Crippen LogP contribution in [0, 0.1) is 0 Å². The van der Waals surface area contributed by atoms with Gasteiger partial charge in [-0.3, -0.25) is 4.79 Å². The number of carbonyl (C=O) groups excluding carboxylic acids is 1. The average molecular weight is 207 g/mol. The molecule has 1 fully saturated rings. The number of hydrogen-bond acceptors (Lipinski definition) is 3. The van der Waals surface area contributed by atoms with E-state index in [0.29, 0.717) is 0 Å². The predicted octanol–water partition coefficient (Wildman–Crippen LogP) is 1.76. The molecule has 0 radical (unpaired) electrons. The molecule has 2 nitrogen and oxygen atoms in total. The number of thioether (sulfide) groups is 1. The molecule has 3 unspecified atom stereocenters. The molecular weight excluding hydrogens is 194 g/mol. The fraction of sp³-hybridized carbons (Fsp3) is 0.364. The van der Waals surface area contributed by atoms with Crippen molar-refractivity contribution in [3.8, 4) is 0 Å². The third-order valence-electron chi connectivity index (χ3n) is 2.53. The Labute approximate surface area is 87.9 Å². The lowest BCUT2D eigenvalue weighted by molar-refractivity contribution is -0.118. The summed E-state index contributed by atoms with van der Waals surface area (Å²) in [6.45, 7) is 1.93. The Morgan fingerprint density at radius 3 is 2.43 bits per heavy atom. The summed E-state index contributed by atoms with van der Waals surface area (Å²) in [6, 6.07) is 9.66. The first kappa shape index (κ1) is 9.74. The zero-order valence-electron chi connectivity index (χ0n) is 8.01. The van der Waals surface area contributed by atoms with Gasteiger partial charge >= 0.3 is 0 Å². The van der Waals surface area contributed by atoms with Gasteiger partial charge in [0.1, 0.15) is 0 Å². The smallest absolute Gasteiger partial charge is 0.163 e. The van der Waals surface area contributed by atoms with E-state index in [0.717, 1.165) is 5.56 Å². The number of nitrogens with two attached hydrogens (primary N) is 1. The van der Waals surface area contributed by atoms with Gasteiger partial charge in [-0.15, -0.1) is 11.8 Å². The predicted molar refractivity (Wildman–Crippen MR) is 59.2 cm³/mol. The zero-order chi connectivity index (χ0) is 10.1. The largest absolute Gasteiger partial charge is 0.320 e. The molecule has 2 N–H and O–H groups in total. The molecule has 14 heavy (non-hydrogen) atoms. The summed E-state index contributed by atoms with van der Waals surface area (Å²) >= 11 is 1.66. The van der Waals surface area contributed by atoms with Gasteiger partial charge in [0, 0.05) is 0 Å². The fourth-order valence-corrected chi connectivity index (χ4v) is 3.07. The normalized spacial score (nSPS) is 32.1. The van der Waals surface area contributed by atoms with Crippen molar-refractivity contribution in [3.05, 3.63) is 35.9 Å². The molecule has 1 saturated heterocycles. The highest BCUT2D eigenvalue weighted by molar-refractivity contribution is 8.01. The number of Topliss-reactive ketones (excluding diaryl/α,β-unsaturated/α-hetero) is 1. The molecule has 1 aromatic rings. The number of hydrogen-bond donors (Lipinski definition) is 1. The van der Waals surface area contributed by atoms with Crippen LogP contribution in [0.2, 0.25) is 0 Å². The van der Waals surface area contributed by atoms with E-state index in [4.69, 9.17) is 5.73 Å². The SMILES string of the molecule is CC1SC(c2ccccc2)C(N)C1=O. The van der Waals surface area contributed by atoms with Gasteiger partial charge in [-0.25, -0.2) is 0 Å². The van der Waals surface area contributed by atoms with Crippen molar-refractivity contribution >= 4 is 17.5 Å². The highest BCUT2D eigenvalue weighted by atomic mass is 32.2. The second-order valence-electron chi connectivity index (χ2n) is 3.54. The molecule has 0 amide bonds. The summed E-state index contributed by atoms with van der Waals surface area (Å²) in [7, 11) is 0. The lowest BCUT2D eigenvalue weighted by atomic mass is 10.0. The van der Waals surface area contributed by atoms with Crippen LogP contribution in [0.4, 0.5) is 0 Å². The molecule has 0 saturated carbocycles. The minimum Gasteiger partial charge on any atom is -0.320 e. The molecule has 2 rings (SSSR count). The monoisotopic (exact) mass is 207 g/mol. The highest BCUT2D eigenvalue weighted by Crippen LogP contribution is 2.41. The van der Waals surface area contributed by atoms with E-state index < -0.39 is 0 Å². The first-order valence-electron chi connectivity index (χ1n) is 4.70. The van der Waals surface area contributed by atoms with Gasteiger partial charge in [-0.1, -0.05) is 30.3 Å². The molecule has 74 valence electrons. The average Bonchev–Trinajstić information content (AvgIpc) is 2.47. The Balaban J connectivity index is 2.26. The molecule has 0 spiro atoms. The molecule has 1 aromatic carbocycles. The maximum Gasteiger partial charge on any atom is 0.163 e. The lowest BCUT2D eigenvalue weighted by Gasteiger charge is -2.12. The minimum atomic E-state index is -0.336. The van der Waals surface area contributed by atoms with E-state index in [-0.39, 0.29) is 22.3 Å². The third kappa shape index (κ3) is 1.57. The van der Waals surface area contributed by atoms with Crippen molar-refractivity contribution < 1.29 is 4.79 Å². The number of benzene rings is 1. The van der Waals surface area contributed by atoms with Crippen molar-refractivity contribution in [1.82, 2.24) is 0 Å². The van der Waals surface area contributed by atoms with E-state index in [2.05, 4.69) is 0 Å². The zero-order valence-corrected chi connectivity index (χ0v) is 8.83. The number of ketones is 1. The van der Waals surface area contributed by atoms with Crippen LogP contribution in [0.25, 0.3) is 0 Å². The van der Waals surface area contributed by atoms with Crippen LogP contribution < -0.4 is 5.73 Å². The summed E-state index contributed by atoms with van der Waals surface area (Å²) in [6.07, 6.45) is 0. The second kappa shape index (κ2) is 3.75. The summed E-state index contributed by atoms with van der Waals surface area (Å²) in [5.41, 5.74) is 7.03. The molecular formula is C11H13NOS. The molecule has 1 aliphatic rings. The van der Waals surface area contributed by atoms with Gasteiger partial charge in [0.25, 0.3) is 0 Å². The molecule has 3 heteroatoms. The Morgan fingerprint density at radius 2 is 1.93 bits per heavy atom. The van der Waals surface area contributed by atoms with Crippen LogP contribution in [-0.4, -0.2) is 17.1 Å². The third-order valence-corrected chi connectivity index (χ3v) is 4.03. The highest BCUT2D eigenvalue weighted by Gasteiger charge is 2.38. The maximum atomic E-state index is 11.5. The minimum absolute atomic E-state index is 0.0372. The van der Waals surface area contributed by atoms with E-state index in [1.165, 1.54) is 0 Å². The van der Waals surface area contributed by atoms with Crippen LogP contribution in [0.5, 0.6) is 0 Å². The van der Waals surface area contributed by atoms with Crippen LogP contribution in [-0.2, 0) is 4.79 Å². The van der Waals surface area contributed by atoms with Crippen molar-refractivity contribution in [2.75, 3.05) is 0 Å². The summed E-state index contributed by atoms with van der Waals surface area (Å²) in [5.74, 6) is 0.170.